The Balaban J connectivity index is 2.12. The van der Waals surface area contributed by atoms with Crippen LogP contribution in [-0.4, -0.2) is 193 Å². The number of ether oxygens (including phenoxy) is 2. The number of nitrogens with zero attached hydrogens (tertiary/aromatic N) is 6. The molecule has 0 saturated carbocycles. The van der Waals surface area contributed by atoms with Crippen molar-refractivity contribution in [3.63, 3.8) is 0 Å². The first-order valence-corrected chi connectivity index (χ1v) is 28.1. The zero-order valence-electron chi connectivity index (χ0n) is 50.2. The van der Waals surface area contributed by atoms with Gasteiger partial charge in [-0.1, -0.05) is 102 Å². The molecule has 8 amide bonds. The van der Waals surface area contributed by atoms with Gasteiger partial charge in [0.05, 0.1) is 18.6 Å². The topological polar surface area (TPSA) is 216 Å². The maximum atomic E-state index is 15.1. The van der Waals surface area contributed by atoms with Crippen LogP contribution in [0.5, 0.6) is 0 Å². The molecule has 440 valence electrons. The Morgan fingerprint density at radius 2 is 1.27 bits per heavy atom. The summed E-state index contributed by atoms with van der Waals surface area (Å²) < 4.78 is 11.5. The van der Waals surface area contributed by atoms with Crippen LogP contribution in [0.1, 0.15) is 126 Å². The number of nitrogens with one attached hydrogen (secondary N) is 2. The van der Waals surface area contributed by atoms with Gasteiger partial charge in [0, 0.05) is 67.9 Å². The van der Waals surface area contributed by atoms with E-state index in [0.29, 0.717) is 24.8 Å². The van der Waals surface area contributed by atoms with Crippen LogP contribution in [0.25, 0.3) is 0 Å². The predicted molar refractivity (Wildman–Crippen MR) is 305 cm³/mol. The lowest BCUT2D eigenvalue weighted by Crippen LogP contribution is -2.62. The van der Waals surface area contributed by atoms with Crippen LogP contribution < -0.4 is 10.6 Å². The fourth-order valence-corrected chi connectivity index (χ4v) is 10.2. The highest BCUT2D eigenvalue weighted by Gasteiger charge is 2.46. The molecule has 19 nitrogen and oxygen atoms in total. The maximum Gasteiger partial charge on any atom is 0.328 e. The van der Waals surface area contributed by atoms with E-state index in [4.69, 9.17) is 9.47 Å². The number of allylic oxidation sites excluding steroid dienone is 4. The number of carbonyl (C=O) groups is 9. The summed E-state index contributed by atoms with van der Waals surface area (Å²) in [4.78, 5) is 137. The number of rotatable bonds is 8. The van der Waals surface area contributed by atoms with Gasteiger partial charge in [-0.2, -0.15) is 0 Å². The van der Waals surface area contributed by atoms with Crippen LogP contribution in [0.3, 0.4) is 0 Å². The first-order valence-electron chi connectivity index (χ1n) is 28.1. The SMILES string of the molecule is CNC(=O)C[C@H]1C(=O)N(C)[C@H](C)C(=O)O[C@H](C)CCCC=CCC[C@H](OC)CC=CC=C(C)C(=O)N[C@H](C(C)C)C(=O)N(C)[C@@H](Cc2ccccc2)C(=O)N(C)[C@@H](C(C)C)C(=O)N(C)[C@@H](C(C)C)C(=O)N2CCC[C@H]2C(=O)N1C. The largest absolute Gasteiger partial charge is 0.461 e. The number of hydrogen-bond acceptors (Lipinski definition) is 11. The molecule has 19 heteroatoms. The quantitative estimate of drug-likeness (QED) is 0.251. The molecule has 2 N–H and O–H groups in total. The number of amides is 8. The van der Waals surface area contributed by atoms with E-state index in [0.717, 1.165) is 31.2 Å². The van der Waals surface area contributed by atoms with Gasteiger partial charge >= 0.3 is 5.97 Å². The molecule has 0 radical (unpaired) electrons. The molecular weight excluding hydrogens is 1010 g/mol. The zero-order chi connectivity index (χ0) is 59.4. The highest BCUT2D eigenvalue weighted by Crippen LogP contribution is 2.27. The average molecular weight is 1100 g/mol. The first kappa shape index (κ1) is 66.9. The average Bonchev–Trinajstić information content (AvgIpc) is 3.99. The van der Waals surface area contributed by atoms with E-state index in [9.17, 15) is 33.6 Å². The normalized spacial score (nSPS) is 26.7. The molecule has 79 heavy (non-hydrogen) atoms. The van der Waals surface area contributed by atoms with Gasteiger partial charge in [-0.05, 0) is 95.5 Å². The number of likely N-dealkylation sites (N-methyl/N-ethyl adjacent to an activating group) is 5. The maximum absolute atomic E-state index is 15.1. The smallest absolute Gasteiger partial charge is 0.328 e. The number of benzene rings is 1. The van der Waals surface area contributed by atoms with Crippen LogP contribution >= 0.6 is 0 Å². The molecule has 0 unspecified atom stereocenters. The third-order valence-electron chi connectivity index (χ3n) is 15.4. The second-order valence-electron chi connectivity index (χ2n) is 22.4. The Morgan fingerprint density at radius 3 is 1.86 bits per heavy atom. The van der Waals surface area contributed by atoms with Gasteiger partial charge in [-0.3, -0.25) is 38.4 Å². The first-order chi connectivity index (χ1) is 37.2. The van der Waals surface area contributed by atoms with Crippen molar-refractivity contribution in [1.29, 1.82) is 0 Å². The van der Waals surface area contributed by atoms with E-state index in [-0.39, 0.29) is 31.4 Å². The van der Waals surface area contributed by atoms with Crippen LogP contribution in [0, 0.1) is 17.8 Å². The molecule has 2 heterocycles. The summed E-state index contributed by atoms with van der Waals surface area (Å²) in [6, 6.07) is 1.35. The predicted octanol–water partition coefficient (Wildman–Crippen LogP) is 5.32. The van der Waals surface area contributed by atoms with Crippen molar-refractivity contribution >= 4 is 53.2 Å². The van der Waals surface area contributed by atoms with Crippen LogP contribution in [-0.2, 0) is 59.0 Å². The van der Waals surface area contributed by atoms with Crippen LogP contribution in [0.4, 0.5) is 0 Å². The van der Waals surface area contributed by atoms with E-state index in [1.807, 2.05) is 50.3 Å². The van der Waals surface area contributed by atoms with E-state index in [1.54, 1.807) is 60.8 Å². The minimum absolute atomic E-state index is 0.0751. The molecule has 1 aromatic rings. The Kier molecular flexibility index (Phi) is 27.1. The lowest BCUT2D eigenvalue weighted by molar-refractivity contribution is -0.160. The van der Waals surface area contributed by atoms with Crippen molar-refractivity contribution in [2.75, 3.05) is 55.9 Å². The van der Waals surface area contributed by atoms with Gasteiger partial charge in [-0.25, -0.2) is 4.79 Å². The van der Waals surface area contributed by atoms with Crippen molar-refractivity contribution in [1.82, 2.24) is 40.0 Å². The second-order valence-corrected chi connectivity index (χ2v) is 22.4. The molecule has 0 aliphatic carbocycles. The molecule has 1 fully saturated rings. The summed E-state index contributed by atoms with van der Waals surface area (Å²) >= 11 is 0. The minimum Gasteiger partial charge on any atom is -0.461 e. The third kappa shape index (κ3) is 18.6. The van der Waals surface area contributed by atoms with E-state index in [1.165, 1.54) is 78.6 Å². The summed E-state index contributed by atoms with van der Waals surface area (Å²) in [6.45, 7) is 15.9. The molecule has 9 atom stereocenters. The summed E-state index contributed by atoms with van der Waals surface area (Å²) in [5.74, 6) is -6.31. The molecule has 2 aliphatic heterocycles. The highest BCUT2D eigenvalue weighted by molar-refractivity contribution is 6.00. The van der Waals surface area contributed by atoms with Gasteiger partial charge in [-0.15, -0.1) is 0 Å². The molecule has 0 bridgehead atoms. The number of carbonyl (C=O) groups excluding carboxylic acids is 9. The number of methoxy groups -OCH3 is 1. The van der Waals surface area contributed by atoms with Crippen LogP contribution in [0.2, 0.25) is 0 Å². The van der Waals surface area contributed by atoms with Crippen molar-refractivity contribution in [2.45, 2.75) is 181 Å². The van der Waals surface area contributed by atoms with Crippen molar-refractivity contribution in [3.05, 3.63) is 71.8 Å². The van der Waals surface area contributed by atoms with E-state index < -0.39 is 120 Å². The standard InChI is InChI=1S/C60H94N8O11/c1-38(2)50-57(74)65(13)47(36-44-30-22-20-23-31-44)56(73)66(14)51(39(3)4)58(75)67(15)52(40(5)6)59(76)68-35-27-34-46(68)54(71)64(12)48(37-49(69)61-10)55(72)63(11)43(9)60(77)79-42(8)29-21-18-17-19-24-32-45(78-16)33-26-25-28-41(7)53(70)62-50/h17,19-20,22-23,25-26,28,30-31,38-40,42-43,45-48,50-52H,18,21,24,27,29,32-37H2,1-16H3,(H,61,69)(H,62,70)/t42-,43-,45+,46+,47+,48+,50-,51+,52+/m1/s1. The molecule has 0 spiro atoms. The summed E-state index contributed by atoms with van der Waals surface area (Å²) in [5.41, 5.74) is 1.13. The Labute approximate surface area is 470 Å². The Bertz CT molecular complexity index is 2340. The lowest BCUT2D eigenvalue weighted by Gasteiger charge is -2.41. The Hall–Kier alpha value is -6.37. The molecule has 2 aliphatic rings. The van der Waals surface area contributed by atoms with Crippen molar-refractivity contribution in [2.24, 2.45) is 17.8 Å². The summed E-state index contributed by atoms with van der Waals surface area (Å²) in [6.07, 6.45) is 13.6. The second kappa shape index (κ2) is 32.0. The fourth-order valence-electron chi connectivity index (χ4n) is 10.2. The molecule has 1 aromatic carbocycles. The number of fused-ring (bicyclic) bond motifs is 1. The third-order valence-corrected chi connectivity index (χ3v) is 15.4. The van der Waals surface area contributed by atoms with Crippen molar-refractivity contribution in [3.8, 4) is 0 Å². The minimum atomic E-state index is -1.35. The number of esters is 1. The van der Waals surface area contributed by atoms with Gasteiger partial charge in [0.1, 0.15) is 42.3 Å². The summed E-state index contributed by atoms with van der Waals surface area (Å²) in [5, 5.41) is 5.44. The number of cyclic esters (lactones) is 1. The highest BCUT2D eigenvalue weighted by atomic mass is 16.5. The zero-order valence-corrected chi connectivity index (χ0v) is 50.2. The van der Waals surface area contributed by atoms with Gasteiger partial charge in [0.15, 0.2) is 0 Å². The number of hydrogen-bond donors (Lipinski definition) is 2. The van der Waals surface area contributed by atoms with Crippen LogP contribution in [0.15, 0.2) is 66.3 Å². The molecule has 1 saturated heterocycles. The van der Waals surface area contributed by atoms with Gasteiger partial charge < -0.3 is 49.5 Å². The summed E-state index contributed by atoms with van der Waals surface area (Å²) in [7, 11) is 10.4. The monoisotopic (exact) mass is 1100 g/mol. The lowest BCUT2D eigenvalue weighted by atomic mass is 9.95. The van der Waals surface area contributed by atoms with E-state index in [2.05, 4.69) is 22.8 Å². The van der Waals surface area contributed by atoms with E-state index >= 15 is 9.59 Å². The van der Waals surface area contributed by atoms with Gasteiger partial charge in [0.25, 0.3) is 0 Å². The molecule has 0 aromatic heterocycles. The fraction of sp³-hybridized carbons (Fsp3) is 0.650. The van der Waals surface area contributed by atoms with Gasteiger partial charge in [0.2, 0.25) is 47.3 Å². The van der Waals surface area contributed by atoms with Crippen molar-refractivity contribution < 1.29 is 52.6 Å². The molecular formula is C60H94N8O11. The Morgan fingerprint density at radius 1 is 0.684 bits per heavy atom. The molecule has 3 rings (SSSR count).